The fraction of sp³-hybridized carbons (Fsp3) is 0.909. The summed E-state index contributed by atoms with van der Waals surface area (Å²) in [5.41, 5.74) is -0.119. The van der Waals surface area contributed by atoms with Crippen LogP contribution < -0.4 is 5.32 Å². The molecule has 0 radical (unpaired) electrons. The molecule has 4 nitrogen and oxygen atoms in total. The summed E-state index contributed by atoms with van der Waals surface area (Å²) in [5, 5.41) is 2.90. The second kappa shape index (κ2) is 5.95. The van der Waals surface area contributed by atoms with E-state index < -0.39 is 0 Å². The van der Waals surface area contributed by atoms with E-state index in [0.717, 1.165) is 19.5 Å². The third-order valence-corrected chi connectivity index (χ3v) is 2.37. The van der Waals surface area contributed by atoms with Crippen molar-refractivity contribution >= 4 is 6.03 Å². The van der Waals surface area contributed by atoms with E-state index in [1.54, 1.807) is 4.90 Å². The summed E-state index contributed by atoms with van der Waals surface area (Å²) in [6, 6.07) is 0.00116. The van der Waals surface area contributed by atoms with Gasteiger partial charge in [-0.3, -0.25) is 0 Å². The van der Waals surface area contributed by atoms with Crippen LogP contribution in [-0.4, -0.2) is 55.6 Å². The largest absolute Gasteiger partial charge is 0.338 e. The number of amides is 2. The zero-order chi connectivity index (χ0) is 12.1. The molecular weight excluding hydrogens is 190 g/mol. The summed E-state index contributed by atoms with van der Waals surface area (Å²) >= 11 is 0. The Morgan fingerprint density at radius 2 is 1.73 bits per heavy atom. The van der Waals surface area contributed by atoms with Gasteiger partial charge in [-0.2, -0.15) is 0 Å². The van der Waals surface area contributed by atoms with Crippen LogP contribution in [0.4, 0.5) is 4.79 Å². The number of rotatable bonds is 4. The van der Waals surface area contributed by atoms with Gasteiger partial charge in [-0.15, -0.1) is 0 Å². The maximum absolute atomic E-state index is 11.6. The van der Waals surface area contributed by atoms with Gasteiger partial charge >= 0.3 is 6.03 Å². The van der Waals surface area contributed by atoms with Crippen molar-refractivity contribution in [2.75, 3.05) is 34.2 Å². The summed E-state index contributed by atoms with van der Waals surface area (Å²) in [6.07, 6.45) is 0.983. The maximum Gasteiger partial charge on any atom is 0.317 e. The molecule has 0 unspecified atom stereocenters. The van der Waals surface area contributed by atoms with Gasteiger partial charge in [0, 0.05) is 19.1 Å². The second-order valence-electron chi connectivity index (χ2n) is 5.12. The number of urea groups is 1. The van der Waals surface area contributed by atoms with E-state index in [9.17, 15) is 4.79 Å². The molecule has 90 valence electrons. The lowest BCUT2D eigenvalue weighted by molar-refractivity contribution is 0.165. The third kappa shape index (κ3) is 6.33. The maximum atomic E-state index is 11.6. The first kappa shape index (κ1) is 14.2. The Bertz CT molecular complexity index is 196. The molecule has 2 amide bonds. The van der Waals surface area contributed by atoms with Crippen molar-refractivity contribution in [3.63, 3.8) is 0 Å². The van der Waals surface area contributed by atoms with Crippen LogP contribution in [0, 0.1) is 0 Å². The average molecular weight is 215 g/mol. The van der Waals surface area contributed by atoms with E-state index in [2.05, 4.69) is 10.2 Å². The predicted octanol–water partition coefficient (Wildman–Crippen LogP) is 1.38. The molecule has 0 saturated heterocycles. The highest BCUT2D eigenvalue weighted by molar-refractivity contribution is 5.74. The molecule has 0 aliphatic heterocycles. The van der Waals surface area contributed by atoms with Gasteiger partial charge in [0.05, 0.1) is 0 Å². The van der Waals surface area contributed by atoms with Crippen LogP contribution in [0.5, 0.6) is 0 Å². The number of nitrogens with one attached hydrogen (secondary N) is 1. The molecule has 15 heavy (non-hydrogen) atoms. The van der Waals surface area contributed by atoms with Crippen molar-refractivity contribution < 1.29 is 4.79 Å². The quantitative estimate of drug-likeness (QED) is 0.719. The molecular formula is C11H25N3O. The molecule has 0 atom stereocenters. The van der Waals surface area contributed by atoms with E-state index in [1.165, 1.54) is 0 Å². The van der Waals surface area contributed by atoms with Crippen LogP contribution in [0.1, 0.15) is 27.2 Å². The normalized spacial score (nSPS) is 11.7. The van der Waals surface area contributed by atoms with Crippen molar-refractivity contribution in [1.82, 2.24) is 15.1 Å². The summed E-state index contributed by atoms with van der Waals surface area (Å²) in [5.74, 6) is 0. The molecule has 0 aromatic heterocycles. The van der Waals surface area contributed by atoms with Gasteiger partial charge in [0.1, 0.15) is 0 Å². The van der Waals surface area contributed by atoms with Gasteiger partial charge < -0.3 is 15.1 Å². The van der Waals surface area contributed by atoms with E-state index >= 15 is 0 Å². The Labute approximate surface area is 93.6 Å². The Hall–Kier alpha value is -0.770. The van der Waals surface area contributed by atoms with Crippen LogP contribution >= 0.6 is 0 Å². The van der Waals surface area contributed by atoms with Crippen molar-refractivity contribution in [2.45, 2.75) is 32.7 Å². The number of hydrogen-bond acceptors (Lipinski definition) is 2. The number of hydrogen-bond donors (Lipinski definition) is 1. The topological polar surface area (TPSA) is 35.6 Å². The first-order valence-corrected chi connectivity index (χ1v) is 5.41. The van der Waals surface area contributed by atoms with Crippen LogP contribution in [0.15, 0.2) is 0 Å². The lowest BCUT2D eigenvalue weighted by Gasteiger charge is -2.32. The molecule has 0 fully saturated rings. The smallest absolute Gasteiger partial charge is 0.317 e. The Balaban J connectivity index is 3.75. The van der Waals surface area contributed by atoms with E-state index in [1.807, 2.05) is 41.9 Å². The minimum absolute atomic E-state index is 0.00116. The molecule has 4 heteroatoms. The fourth-order valence-corrected chi connectivity index (χ4v) is 1.01. The van der Waals surface area contributed by atoms with Crippen molar-refractivity contribution in [3.05, 3.63) is 0 Å². The van der Waals surface area contributed by atoms with Crippen LogP contribution in [0.2, 0.25) is 0 Å². The first-order valence-electron chi connectivity index (χ1n) is 5.41. The summed E-state index contributed by atoms with van der Waals surface area (Å²) in [4.78, 5) is 15.5. The number of carbonyl (C=O) groups excluding carboxylic acids is 1. The lowest BCUT2D eigenvalue weighted by Crippen LogP contribution is -2.48. The summed E-state index contributed by atoms with van der Waals surface area (Å²) in [7, 11) is 5.88. The number of carbonyl (C=O) groups is 1. The zero-order valence-corrected chi connectivity index (χ0v) is 10.9. The molecule has 1 N–H and O–H groups in total. The molecule has 0 aliphatic rings. The van der Waals surface area contributed by atoms with E-state index in [-0.39, 0.29) is 11.6 Å². The molecule has 0 heterocycles. The minimum Gasteiger partial charge on any atom is -0.338 e. The lowest BCUT2D eigenvalue weighted by atomic mass is 10.1. The molecule has 0 rings (SSSR count). The van der Waals surface area contributed by atoms with Crippen LogP contribution in [0.3, 0.4) is 0 Å². The van der Waals surface area contributed by atoms with Gasteiger partial charge in [0.25, 0.3) is 0 Å². The molecule has 0 aliphatic carbocycles. The van der Waals surface area contributed by atoms with Crippen LogP contribution in [-0.2, 0) is 0 Å². The van der Waals surface area contributed by atoms with Gasteiger partial charge in [-0.25, -0.2) is 4.79 Å². The highest BCUT2D eigenvalue weighted by Gasteiger charge is 2.21. The van der Waals surface area contributed by atoms with E-state index in [4.69, 9.17) is 0 Å². The standard InChI is InChI=1S/C11H25N3O/c1-11(2,3)14(6)10(15)12-8-7-9-13(4)5/h7-9H2,1-6H3,(H,12,15). The first-order chi connectivity index (χ1) is 6.75. The van der Waals surface area contributed by atoms with Gasteiger partial charge in [-0.1, -0.05) is 0 Å². The van der Waals surface area contributed by atoms with Crippen LogP contribution in [0.25, 0.3) is 0 Å². The van der Waals surface area contributed by atoms with Gasteiger partial charge in [0.15, 0.2) is 0 Å². The predicted molar refractivity (Wildman–Crippen MR) is 64.1 cm³/mol. The summed E-state index contributed by atoms with van der Waals surface area (Å²) < 4.78 is 0. The summed E-state index contributed by atoms with van der Waals surface area (Å²) in [6.45, 7) is 7.79. The van der Waals surface area contributed by atoms with Gasteiger partial charge in [-0.05, 0) is 47.8 Å². The molecule has 0 aromatic carbocycles. The fourth-order valence-electron chi connectivity index (χ4n) is 1.01. The molecule has 0 aromatic rings. The highest BCUT2D eigenvalue weighted by atomic mass is 16.2. The Morgan fingerprint density at radius 3 is 2.13 bits per heavy atom. The molecule has 0 bridgehead atoms. The highest BCUT2D eigenvalue weighted by Crippen LogP contribution is 2.09. The van der Waals surface area contributed by atoms with Gasteiger partial charge in [0.2, 0.25) is 0 Å². The third-order valence-electron chi connectivity index (χ3n) is 2.37. The molecule has 0 saturated carbocycles. The zero-order valence-electron chi connectivity index (χ0n) is 10.9. The molecule has 0 spiro atoms. The van der Waals surface area contributed by atoms with E-state index in [0.29, 0.717) is 0 Å². The SMILES string of the molecule is CN(C)CCCNC(=O)N(C)C(C)(C)C. The Kier molecular flexibility index (Phi) is 5.65. The minimum atomic E-state index is -0.119. The van der Waals surface area contributed by atoms with Crippen molar-refractivity contribution in [1.29, 1.82) is 0 Å². The second-order valence-corrected chi connectivity index (χ2v) is 5.12. The number of nitrogens with zero attached hydrogens (tertiary/aromatic N) is 2. The average Bonchev–Trinajstić information content (AvgIpc) is 2.09. The Morgan fingerprint density at radius 1 is 1.20 bits per heavy atom. The monoisotopic (exact) mass is 215 g/mol. The van der Waals surface area contributed by atoms with Crippen molar-refractivity contribution in [2.24, 2.45) is 0 Å². The van der Waals surface area contributed by atoms with Crippen molar-refractivity contribution in [3.8, 4) is 0 Å².